The van der Waals surface area contributed by atoms with Crippen LogP contribution in [0.15, 0.2) is 18.3 Å². The SMILES string of the molecule is COCCNCC1CCCCN1c1cc(C)ccn1. The van der Waals surface area contributed by atoms with Gasteiger partial charge in [-0.3, -0.25) is 0 Å². The van der Waals surface area contributed by atoms with Crippen molar-refractivity contribution in [3.63, 3.8) is 0 Å². The van der Waals surface area contributed by atoms with Crippen LogP contribution in [0.4, 0.5) is 5.82 Å². The topological polar surface area (TPSA) is 37.4 Å². The van der Waals surface area contributed by atoms with Crippen LogP contribution < -0.4 is 10.2 Å². The molecule has 4 heteroatoms. The van der Waals surface area contributed by atoms with E-state index in [1.165, 1.54) is 24.8 Å². The third kappa shape index (κ3) is 4.18. The highest BCUT2D eigenvalue weighted by Crippen LogP contribution is 2.23. The Hall–Kier alpha value is -1.13. The average molecular weight is 263 g/mol. The third-order valence-corrected chi connectivity index (χ3v) is 3.69. The molecule has 4 nitrogen and oxygen atoms in total. The summed E-state index contributed by atoms with van der Waals surface area (Å²) in [5, 5.41) is 3.48. The van der Waals surface area contributed by atoms with Crippen LogP contribution >= 0.6 is 0 Å². The van der Waals surface area contributed by atoms with Gasteiger partial charge < -0.3 is 15.0 Å². The molecule has 106 valence electrons. The summed E-state index contributed by atoms with van der Waals surface area (Å²) in [6.07, 6.45) is 5.74. The van der Waals surface area contributed by atoms with Gasteiger partial charge in [0.25, 0.3) is 0 Å². The van der Waals surface area contributed by atoms with Crippen LogP contribution in [0.2, 0.25) is 0 Å². The zero-order chi connectivity index (χ0) is 13.5. The van der Waals surface area contributed by atoms with Crippen LogP contribution in [0, 0.1) is 6.92 Å². The van der Waals surface area contributed by atoms with Crippen molar-refractivity contribution in [2.75, 3.05) is 38.3 Å². The van der Waals surface area contributed by atoms with Crippen LogP contribution in [0.5, 0.6) is 0 Å². The van der Waals surface area contributed by atoms with Gasteiger partial charge in [-0.1, -0.05) is 0 Å². The molecule has 0 saturated carbocycles. The van der Waals surface area contributed by atoms with Crippen molar-refractivity contribution in [1.29, 1.82) is 0 Å². The maximum absolute atomic E-state index is 5.07. The first-order valence-corrected chi connectivity index (χ1v) is 7.20. The Morgan fingerprint density at radius 1 is 1.47 bits per heavy atom. The van der Waals surface area contributed by atoms with Crippen molar-refractivity contribution in [2.45, 2.75) is 32.2 Å². The van der Waals surface area contributed by atoms with Gasteiger partial charge in [-0.15, -0.1) is 0 Å². The molecule has 1 fully saturated rings. The standard InChI is InChI=1S/C15H25N3O/c1-13-6-7-17-15(11-13)18-9-4-3-5-14(18)12-16-8-10-19-2/h6-7,11,14,16H,3-5,8-10,12H2,1-2H3. The second kappa shape index (κ2) is 7.46. The van der Waals surface area contributed by atoms with Crippen LogP contribution in [-0.4, -0.2) is 44.4 Å². The molecule has 1 N–H and O–H groups in total. The fraction of sp³-hybridized carbons (Fsp3) is 0.667. The zero-order valence-electron chi connectivity index (χ0n) is 12.1. The van der Waals surface area contributed by atoms with Crippen molar-refractivity contribution in [3.8, 4) is 0 Å². The number of anilines is 1. The molecule has 1 atom stereocenters. The van der Waals surface area contributed by atoms with Crippen molar-refractivity contribution in [3.05, 3.63) is 23.9 Å². The number of methoxy groups -OCH3 is 1. The van der Waals surface area contributed by atoms with Crippen LogP contribution in [0.3, 0.4) is 0 Å². The number of aryl methyl sites for hydroxylation is 1. The first kappa shape index (κ1) is 14.3. The van der Waals surface area contributed by atoms with Gasteiger partial charge in [0.1, 0.15) is 5.82 Å². The van der Waals surface area contributed by atoms with Gasteiger partial charge in [0.05, 0.1) is 6.61 Å². The Bertz CT molecular complexity index is 383. The van der Waals surface area contributed by atoms with Crippen molar-refractivity contribution < 1.29 is 4.74 Å². The number of ether oxygens (including phenoxy) is 1. The van der Waals surface area contributed by atoms with Gasteiger partial charge in [-0.05, 0) is 43.9 Å². The number of hydrogen-bond acceptors (Lipinski definition) is 4. The average Bonchev–Trinajstić information content (AvgIpc) is 2.44. The van der Waals surface area contributed by atoms with Crippen LogP contribution in [0.25, 0.3) is 0 Å². The van der Waals surface area contributed by atoms with E-state index in [2.05, 4.69) is 34.3 Å². The van der Waals surface area contributed by atoms with E-state index in [0.29, 0.717) is 6.04 Å². The summed E-state index contributed by atoms with van der Waals surface area (Å²) in [6, 6.07) is 4.80. The molecule has 0 bridgehead atoms. The van der Waals surface area contributed by atoms with E-state index in [1.54, 1.807) is 7.11 Å². The minimum atomic E-state index is 0.555. The highest BCUT2D eigenvalue weighted by Gasteiger charge is 2.23. The summed E-state index contributed by atoms with van der Waals surface area (Å²) in [5.74, 6) is 1.12. The fourth-order valence-corrected chi connectivity index (χ4v) is 2.63. The van der Waals surface area contributed by atoms with Gasteiger partial charge in [-0.2, -0.15) is 0 Å². The molecule has 0 aromatic carbocycles. The summed E-state index contributed by atoms with van der Waals surface area (Å²) in [6.45, 7) is 5.95. The molecule has 19 heavy (non-hydrogen) atoms. The fourth-order valence-electron chi connectivity index (χ4n) is 2.63. The molecule has 0 spiro atoms. The van der Waals surface area contributed by atoms with Gasteiger partial charge in [0, 0.05) is 39.0 Å². The molecular formula is C15H25N3O. The molecule has 1 aromatic rings. The van der Waals surface area contributed by atoms with E-state index in [1.807, 2.05) is 6.20 Å². The van der Waals surface area contributed by atoms with E-state index in [-0.39, 0.29) is 0 Å². The molecule has 0 amide bonds. The second-order valence-electron chi connectivity index (χ2n) is 5.23. The Morgan fingerprint density at radius 2 is 2.37 bits per heavy atom. The van der Waals surface area contributed by atoms with Crippen LogP contribution in [-0.2, 0) is 4.74 Å². The summed E-state index contributed by atoms with van der Waals surface area (Å²) in [4.78, 5) is 6.99. The monoisotopic (exact) mass is 263 g/mol. The van der Waals surface area contributed by atoms with E-state index < -0.39 is 0 Å². The minimum Gasteiger partial charge on any atom is -0.383 e. The summed E-state index contributed by atoms with van der Waals surface area (Å²) in [5.41, 5.74) is 1.28. The summed E-state index contributed by atoms with van der Waals surface area (Å²) in [7, 11) is 1.74. The van der Waals surface area contributed by atoms with Gasteiger partial charge >= 0.3 is 0 Å². The summed E-state index contributed by atoms with van der Waals surface area (Å²) >= 11 is 0. The first-order chi connectivity index (χ1) is 9.31. The second-order valence-corrected chi connectivity index (χ2v) is 5.23. The lowest BCUT2D eigenvalue weighted by Gasteiger charge is -2.37. The third-order valence-electron chi connectivity index (χ3n) is 3.69. The number of piperidine rings is 1. The molecule has 1 unspecified atom stereocenters. The first-order valence-electron chi connectivity index (χ1n) is 7.20. The molecule has 2 rings (SSSR count). The number of pyridine rings is 1. The van der Waals surface area contributed by atoms with E-state index in [0.717, 1.165) is 32.1 Å². The number of aromatic nitrogens is 1. The largest absolute Gasteiger partial charge is 0.383 e. The van der Waals surface area contributed by atoms with Crippen molar-refractivity contribution in [1.82, 2.24) is 10.3 Å². The molecule has 0 aliphatic carbocycles. The summed E-state index contributed by atoms with van der Waals surface area (Å²) < 4.78 is 5.07. The Morgan fingerprint density at radius 3 is 3.16 bits per heavy atom. The smallest absolute Gasteiger partial charge is 0.129 e. The molecule has 2 heterocycles. The lowest BCUT2D eigenvalue weighted by atomic mass is 10.0. The maximum atomic E-state index is 5.07. The maximum Gasteiger partial charge on any atom is 0.129 e. The lowest BCUT2D eigenvalue weighted by Crippen LogP contribution is -2.46. The Kier molecular flexibility index (Phi) is 5.61. The molecular weight excluding hydrogens is 238 g/mol. The van der Waals surface area contributed by atoms with Crippen molar-refractivity contribution >= 4 is 5.82 Å². The molecule has 0 radical (unpaired) electrons. The Labute approximate surface area is 116 Å². The Balaban J connectivity index is 1.95. The number of nitrogens with zero attached hydrogens (tertiary/aromatic N) is 2. The minimum absolute atomic E-state index is 0.555. The predicted molar refractivity (Wildman–Crippen MR) is 78.7 cm³/mol. The number of rotatable bonds is 6. The number of hydrogen-bond donors (Lipinski definition) is 1. The lowest BCUT2D eigenvalue weighted by molar-refractivity contribution is 0.198. The van der Waals surface area contributed by atoms with E-state index in [4.69, 9.17) is 4.74 Å². The zero-order valence-corrected chi connectivity index (χ0v) is 12.1. The van der Waals surface area contributed by atoms with Crippen molar-refractivity contribution in [2.24, 2.45) is 0 Å². The molecule has 1 aromatic heterocycles. The highest BCUT2D eigenvalue weighted by atomic mass is 16.5. The molecule has 1 aliphatic heterocycles. The molecule has 1 saturated heterocycles. The van der Waals surface area contributed by atoms with Gasteiger partial charge in [-0.25, -0.2) is 4.98 Å². The predicted octanol–water partition coefficient (Wildman–Crippen LogP) is 1.98. The van der Waals surface area contributed by atoms with Gasteiger partial charge in [0.15, 0.2) is 0 Å². The van der Waals surface area contributed by atoms with Gasteiger partial charge in [0.2, 0.25) is 0 Å². The normalized spacial score (nSPS) is 19.7. The van der Waals surface area contributed by atoms with Crippen LogP contribution in [0.1, 0.15) is 24.8 Å². The molecule has 1 aliphatic rings. The van der Waals surface area contributed by atoms with E-state index in [9.17, 15) is 0 Å². The number of nitrogens with one attached hydrogen (secondary N) is 1. The van der Waals surface area contributed by atoms with E-state index >= 15 is 0 Å². The quantitative estimate of drug-likeness (QED) is 0.796. The highest BCUT2D eigenvalue weighted by molar-refractivity contribution is 5.42.